The summed E-state index contributed by atoms with van der Waals surface area (Å²) in [7, 11) is 0. The summed E-state index contributed by atoms with van der Waals surface area (Å²) in [6.07, 6.45) is 0.534. The van der Waals surface area contributed by atoms with E-state index in [-0.39, 0.29) is 18.5 Å². The van der Waals surface area contributed by atoms with Crippen LogP contribution in [0.25, 0.3) is 0 Å². The molecular weight excluding hydrogens is 572 g/mol. The molecule has 3 aliphatic rings. The minimum atomic E-state index is -1.00. The van der Waals surface area contributed by atoms with Crippen molar-refractivity contribution in [1.82, 2.24) is 10.0 Å². The van der Waals surface area contributed by atoms with E-state index in [1.807, 2.05) is 54.6 Å². The van der Waals surface area contributed by atoms with E-state index in [9.17, 15) is 14.4 Å². The molecular formula is C27H20BrClN6O3. The highest BCUT2D eigenvalue weighted by Crippen LogP contribution is 2.35. The van der Waals surface area contributed by atoms with Crippen LogP contribution in [0, 0.1) is 0 Å². The molecule has 3 heterocycles. The van der Waals surface area contributed by atoms with Crippen molar-refractivity contribution in [1.29, 1.82) is 0 Å². The molecule has 190 valence electrons. The van der Waals surface area contributed by atoms with Crippen molar-refractivity contribution in [2.24, 2.45) is 15.4 Å². The van der Waals surface area contributed by atoms with Crippen LogP contribution in [-0.2, 0) is 14.4 Å². The first-order valence-corrected chi connectivity index (χ1v) is 13.1. The molecule has 0 aromatic heterocycles. The van der Waals surface area contributed by atoms with Crippen molar-refractivity contribution in [3.05, 3.63) is 99.5 Å². The molecule has 11 heteroatoms. The molecule has 0 aliphatic carbocycles. The predicted molar refractivity (Wildman–Crippen MR) is 144 cm³/mol. The van der Waals surface area contributed by atoms with E-state index in [0.29, 0.717) is 17.1 Å². The lowest BCUT2D eigenvalue weighted by Gasteiger charge is -2.25. The van der Waals surface area contributed by atoms with Crippen LogP contribution in [0.3, 0.4) is 0 Å². The van der Waals surface area contributed by atoms with Crippen molar-refractivity contribution in [2.45, 2.75) is 24.5 Å². The first-order chi connectivity index (χ1) is 18.4. The molecule has 3 amide bonds. The van der Waals surface area contributed by atoms with E-state index in [4.69, 9.17) is 11.6 Å². The Morgan fingerprint density at radius 3 is 2.37 bits per heavy atom. The summed E-state index contributed by atoms with van der Waals surface area (Å²) in [5.74, 6) is -1.32. The van der Waals surface area contributed by atoms with Crippen LogP contribution in [0.15, 0.2) is 98.8 Å². The van der Waals surface area contributed by atoms with E-state index < -0.39 is 23.9 Å². The fourth-order valence-corrected chi connectivity index (χ4v) is 5.29. The largest absolute Gasteiger partial charge is 0.271 e. The number of hydrogen-bond donors (Lipinski definition) is 0. The number of carbonyl (C=O) groups excluding carboxylic acids is 3. The number of carbonyl (C=O) groups is 3. The van der Waals surface area contributed by atoms with Gasteiger partial charge in [0.15, 0.2) is 12.1 Å². The van der Waals surface area contributed by atoms with Crippen LogP contribution in [0.5, 0.6) is 0 Å². The fraction of sp³-hybridized carbons (Fsp3) is 0.185. The second-order valence-corrected chi connectivity index (χ2v) is 10.5. The summed E-state index contributed by atoms with van der Waals surface area (Å²) in [6.45, 7) is -0.251. The zero-order valence-electron chi connectivity index (χ0n) is 19.8. The molecule has 3 atom stereocenters. The van der Waals surface area contributed by atoms with Crippen LogP contribution < -0.4 is 4.90 Å². The molecule has 3 aromatic rings. The number of benzene rings is 3. The number of fused-ring (bicyclic) bond motifs is 1. The van der Waals surface area contributed by atoms with Crippen molar-refractivity contribution in [3.8, 4) is 0 Å². The number of hydrazone groups is 1. The Balaban J connectivity index is 1.25. The summed E-state index contributed by atoms with van der Waals surface area (Å²) in [5.41, 5.74) is 3.04. The Morgan fingerprint density at radius 2 is 1.66 bits per heavy atom. The third-order valence-electron chi connectivity index (χ3n) is 6.77. The standard InChI is InChI=1S/C27H20BrClN6O3/c28-18-8-6-16(7-9-18)21-14-22(17-4-2-1-3-5-17)35(31-21)23(36)15-33-25-24(30-32-33)26(37)34(27(25)38)20-12-10-19(29)11-13-20/h1-13,22,24-25H,14-15H2/t22-,24+,25+/m0/s1. The highest BCUT2D eigenvalue weighted by Gasteiger charge is 2.55. The molecule has 6 rings (SSSR count). The predicted octanol–water partition coefficient (Wildman–Crippen LogP) is 4.77. The molecule has 0 unspecified atom stereocenters. The van der Waals surface area contributed by atoms with Crippen LogP contribution >= 0.6 is 27.5 Å². The van der Waals surface area contributed by atoms with Gasteiger partial charge in [-0.25, -0.2) is 9.91 Å². The van der Waals surface area contributed by atoms with Gasteiger partial charge in [-0.3, -0.25) is 19.4 Å². The van der Waals surface area contributed by atoms with E-state index >= 15 is 0 Å². The quantitative estimate of drug-likeness (QED) is 0.399. The van der Waals surface area contributed by atoms with Crippen molar-refractivity contribution >= 4 is 56.7 Å². The Bertz CT molecular complexity index is 1480. The van der Waals surface area contributed by atoms with E-state index in [2.05, 4.69) is 31.4 Å². The minimum absolute atomic E-state index is 0.251. The molecule has 0 radical (unpaired) electrons. The number of nitrogens with zero attached hydrogens (tertiary/aromatic N) is 6. The molecule has 3 aliphatic heterocycles. The second-order valence-electron chi connectivity index (χ2n) is 9.10. The van der Waals surface area contributed by atoms with Gasteiger partial charge in [0.1, 0.15) is 6.54 Å². The highest BCUT2D eigenvalue weighted by atomic mass is 79.9. The van der Waals surface area contributed by atoms with Crippen LogP contribution in [-0.4, -0.2) is 52.1 Å². The zero-order valence-corrected chi connectivity index (χ0v) is 22.2. The van der Waals surface area contributed by atoms with Crippen LogP contribution in [0.1, 0.15) is 23.6 Å². The monoisotopic (exact) mass is 590 g/mol. The average Bonchev–Trinajstić information content (AvgIpc) is 3.61. The second kappa shape index (κ2) is 9.77. The van der Waals surface area contributed by atoms with Crippen molar-refractivity contribution < 1.29 is 14.4 Å². The highest BCUT2D eigenvalue weighted by molar-refractivity contribution is 9.10. The Kier molecular flexibility index (Phi) is 6.29. The lowest BCUT2D eigenvalue weighted by molar-refractivity contribution is -0.135. The Hall–Kier alpha value is -3.89. The number of anilines is 1. The third kappa shape index (κ3) is 4.29. The molecule has 3 aromatic carbocycles. The van der Waals surface area contributed by atoms with Crippen LogP contribution in [0.2, 0.25) is 5.02 Å². The molecule has 0 spiro atoms. The summed E-state index contributed by atoms with van der Waals surface area (Å²) < 4.78 is 0.949. The van der Waals surface area contributed by atoms with Gasteiger partial charge in [-0.05, 0) is 47.5 Å². The molecule has 9 nitrogen and oxygen atoms in total. The van der Waals surface area contributed by atoms with Gasteiger partial charge in [-0.1, -0.05) is 75.2 Å². The van der Waals surface area contributed by atoms with Gasteiger partial charge in [0.05, 0.1) is 17.4 Å². The Morgan fingerprint density at radius 1 is 0.947 bits per heavy atom. The molecule has 1 fully saturated rings. The SMILES string of the molecule is O=C1[C@@H]2N=NN(CC(=O)N3N=C(c4ccc(Br)cc4)C[C@H]3c3ccccc3)[C@H]2C(=O)N1c1ccc(Cl)cc1. The summed E-state index contributed by atoms with van der Waals surface area (Å²) in [4.78, 5) is 41.0. The van der Waals surface area contributed by atoms with Gasteiger partial charge in [0, 0.05) is 15.9 Å². The van der Waals surface area contributed by atoms with E-state index in [1.54, 1.807) is 24.3 Å². The van der Waals surface area contributed by atoms with Crippen molar-refractivity contribution in [3.63, 3.8) is 0 Å². The molecule has 0 saturated carbocycles. The smallest absolute Gasteiger partial charge is 0.264 e. The number of amides is 3. The lowest BCUT2D eigenvalue weighted by atomic mass is 9.98. The summed E-state index contributed by atoms with van der Waals surface area (Å²) in [5, 5.41) is 16.0. The van der Waals surface area contributed by atoms with Gasteiger partial charge in [0.25, 0.3) is 17.7 Å². The van der Waals surface area contributed by atoms with E-state index in [1.165, 1.54) is 10.0 Å². The van der Waals surface area contributed by atoms with Crippen molar-refractivity contribution in [2.75, 3.05) is 11.4 Å². The van der Waals surface area contributed by atoms with Gasteiger partial charge in [-0.15, -0.1) is 0 Å². The first kappa shape index (κ1) is 24.4. The third-order valence-corrected chi connectivity index (χ3v) is 7.55. The van der Waals surface area contributed by atoms with Gasteiger partial charge >= 0.3 is 0 Å². The minimum Gasteiger partial charge on any atom is -0.271 e. The van der Waals surface area contributed by atoms with Gasteiger partial charge in [0.2, 0.25) is 0 Å². The van der Waals surface area contributed by atoms with Gasteiger partial charge < -0.3 is 0 Å². The summed E-state index contributed by atoms with van der Waals surface area (Å²) in [6, 6.07) is 21.5. The summed E-state index contributed by atoms with van der Waals surface area (Å²) >= 11 is 9.41. The molecule has 0 N–H and O–H groups in total. The van der Waals surface area contributed by atoms with Crippen LogP contribution in [0.4, 0.5) is 5.69 Å². The Labute approximate surface area is 231 Å². The molecule has 0 bridgehead atoms. The number of rotatable bonds is 5. The average molecular weight is 592 g/mol. The normalized spacial score (nSPS) is 22.3. The lowest BCUT2D eigenvalue weighted by Crippen LogP contribution is -2.44. The molecule has 38 heavy (non-hydrogen) atoms. The number of imide groups is 1. The maximum atomic E-state index is 13.6. The first-order valence-electron chi connectivity index (χ1n) is 11.9. The maximum Gasteiger partial charge on any atom is 0.264 e. The zero-order chi connectivity index (χ0) is 26.4. The number of halogens is 2. The van der Waals surface area contributed by atoms with Gasteiger partial charge in [-0.2, -0.15) is 10.2 Å². The maximum absolute atomic E-state index is 13.6. The van der Waals surface area contributed by atoms with E-state index in [0.717, 1.165) is 26.2 Å². The molecule has 1 saturated heterocycles. The number of hydrogen-bond acceptors (Lipinski definition) is 7. The fourth-order valence-electron chi connectivity index (χ4n) is 4.90. The topological polar surface area (TPSA) is 98.0 Å².